The van der Waals surface area contributed by atoms with Crippen LogP contribution in [0.5, 0.6) is 5.75 Å². The van der Waals surface area contributed by atoms with Gasteiger partial charge in [0.15, 0.2) is 0 Å². The summed E-state index contributed by atoms with van der Waals surface area (Å²) < 4.78 is 34.2. The lowest BCUT2D eigenvalue weighted by molar-refractivity contribution is -0.139. The second-order valence-corrected chi connectivity index (χ2v) is 11.7. The Kier molecular flexibility index (Phi) is 9.75. The maximum Gasteiger partial charge on any atom is 0.264 e. The van der Waals surface area contributed by atoms with Crippen molar-refractivity contribution in [1.29, 1.82) is 0 Å². The molecule has 0 aliphatic heterocycles. The van der Waals surface area contributed by atoms with Gasteiger partial charge < -0.3 is 15.0 Å². The van der Waals surface area contributed by atoms with Gasteiger partial charge in [-0.3, -0.25) is 13.9 Å². The lowest BCUT2D eigenvalue weighted by Crippen LogP contribution is -2.52. The zero-order valence-corrected chi connectivity index (χ0v) is 24.2. The summed E-state index contributed by atoms with van der Waals surface area (Å²) in [5.74, 6) is -0.161. The second-order valence-electron chi connectivity index (χ2n) is 9.82. The van der Waals surface area contributed by atoms with Crippen LogP contribution in [-0.4, -0.2) is 50.9 Å². The average Bonchev–Trinajstić information content (AvgIpc) is 2.91. The van der Waals surface area contributed by atoms with E-state index in [0.29, 0.717) is 17.0 Å². The van der Waals surface area contributed by atoms with Crippen LogP contribution in [-0.2, 0) is 26.2 Å². The molecule has 0 saturated heterocycles. The minimum Gasteiger partial charge on any atom is -0.497 e. The van der Waals surface area contributed by atoms with Crippen LogP contribution < -0.4 is 14.4 Å². The van der Waals surface area contributed by atoms with Gasteiger partial charge in [0, 0.05) is 12.6 Å². The van der Waals surface area contributed by atoms with Gasteiger partial charge in [-0.05, 0) is 81.6 Å². The van der Waals surface area contributed by atoms with Gasteiger partial charge in [-0.15, -0.1) is 0 Å². The van der Waals surface area contributed by atoms with Gasteiger partial charge >= 0.3 is 0 Å². The number of hydrogen-bond donors (Lipinski definition) is 1. The van der Waals surface area contributed by atoms with Gasteiger partial charge in [0.1, 0.15) is 18.3 Å². The number of hydrogen-bond acceptors (Lipinski definition) is 5. The molecule has 0 aliphatic rings. The van der Waals surface area contributed by atoms with Crippen molar-refractivity contribution in [2.75, 3.05) is 18.0 Å². The molecule has 1 atom stereocenters. The number of nitrogens with zero attached hydrogens (tertiary/aromatic N) is 2. The molecule has 0 aromatic heterocycles. The van der Waals surface area contributed by atoms with Crippen LogP contribution in [0.15, 0.2) is 77.7 Å². The maximum absolute atomic E-state index is 14.0. The summed E-state index contributed by atoms with van der Waals surface area (Å²) in [5.41, 5.74) is 2.75. The Balaban J connectivity index is 2.05. The number of amides is 2. The highest BCUT2D eigenvalue weighted by Crippen LogP contribution is 2.28. The fourth-order valence-corrected chi connectivity index (χ4v) is 5.63. The van der Waals surface area contributed by atoms with E-state index in [0.717, 1.165) is 15.4 Å². The number of carbonyl (C=O) groups is 2. The smallest absolute Gasteiger partial charge is 0.264 e. The van der Waals surface area contributed by atoms with E-state index in [-0.39, 0.29) is 23.4 Å². The molecule has 1 N–H and O–H groups in total. The lowest BCUT2D eigenvalue weighted by Gasteiger charge is -2.33. The van der Waals surface area contributed by atoms with Gasteiger partial charge in [0.2, 0.25) is 11.8 Å². The molecular weight excluding hydrogens is 514 g/mol. The van der Waals surface area contributed by atoms with E-state index in [4.69, 9.17) is 4.74 Å². The monoisotopic (exact) mass is 551 g/mol. The molecule has 208 valence electrons. The van der Waals surface area contributed by atoms with Crippen LogP contribution in [0, 0.1) is 13.8 Å². The summed E-state index contributed by atoms with van der Waals surface area (Å²) in [6, 6.07) is 19.7. The predicted octanol–water partition coefficient (Wildman–Crippen LogP) is 4.45. The summed E-state index contributed by atoms with van der Waals surface area (Å²) >= 11 is 0. The molecule has 0 spiro atoms. The first kappa shape index (κ1) is 29.7. The summed E-state index contributed by atoms with van der Waals surface area (Å²) in [6.45, 7) is 8.64. The number of sulfonamides is 1. The standard InChI is InChI=1S/C30H37N3O5S/c1-21(2)31-30(35)24(5)32(19-25-14-16-26(38-6)17-15-25)29(34)20-33(28-18-22(3)12-13-23(28)4)39(36,37)27-10-8-7-9-11-27/h7-18,21,24H,19-20H2,1-6H3,(H,31,35)/t24-/m0/s1. The van der Waals surface area contributed by atoms with Crippen LogP contribution in [0.4, 0.5) is 5.69 Å². The highest BCUT2D eigenvalue weighted by atomic mass is 32.2. The Morgan fingerprint density at radius 3 is 2.15 bits per heavy atom. The molecule has 8 nitrogen and oxygen atoms in total. The van der Waals surface area contributed by atoms with Crippen molar-refractivity contribution >= 4 is 27.5 Å². The van der Waals surface area contributed by atoms with E-state index < -0.39 is 28.5 Å². The molecular formula is C30H37N3O5S. The van der Waals surface area contributed by atoms with Crippen molar-refractivity contribution in [2.45, 2.75) is 58.1 Å². The number of aryl methyl sites for hydroxylation is 2. The number of nitrogens with one attached hydrogen (secondary N) is 1. The number of benzene rings is 3. The molecule has 9 heteroatoms. The summed E-state index contributed by atoms with van der Waals surface area (Å²) in [6.07, 6.45) is 0. The SMILES string of the molecule is COc1ccc(CN(C(=O)CN(c2cc(C)ccc2C)S(=O)(=O)c2ccccc2)[C@@H](C)C(=O)NC(C)C)cc1. The molecule has 0 radical (unpaired) electrons. The maximum atomic E-state index is 14.0. The van der Waals surface area contributed by atoms with Crippen molar-refractivity contribution in [1.82, 2.24) is 10.2 Å². The first-order valence-electron chi connectivity index (χ1n) is 12.8. The van der Waals surface area contributed by atoms with Crippen LogP contribution in [0.25, 0.3) is 0 Å². The number of anilines is 1. The third-order valence-corrected chi connectivity index (χ3v) is 8.13. The van der Waals surface area contributed by atoms with E-state index in [1.807, 2.05) is 45.0 Å². The Bertz CT molecular complexity index is 1390. The molecule has 3 aromatic rings. The first-order chi connectivity index (χ1) is 18.4. The third-order valence-electron chi connectivity index (χ3n) is 6.35. The molecule has 3 rings (SSSR count). The van der Waals surface area contributed by atoms with Crippen LogP contribution in [0.3, 0.4) is 0 Å². The Hall–Kier alpha value is -3.85. The zero-order chi connectivity index (χ0) is 28.7. The molecule has 0 aliphatic carbocycles. The predicted molar refractivity (Wildman–Crippen MR) is 153 cm³/mol. The molecule has 0 fully saturated rings. The van der Waals surface area contributed by atoms with Gasteiger partial charge in [-0.25, -0.2) is 8.42 Å². The molecule has 39 heavy (non-hydrogen) atoms. The highest BCUT2D eigenvalue weighted by Gasteiger charge is 2.33. The minimum atomic E-state index is -4.10. The minimum absolute atomic E-state index is 0.0750. The normalized spacial score (nSPS) is 12.1. The molecule has 2 amide bonds. The lowest BCUT2D eigenvalue weighted by atomic mass is 10.1. The molecule has 3 aromatic carbocycles. The number of ether oxygens (including phenoxy) is 1. The Morgan fingerprint density at radius 2 is 1.56 bits per heavy atom. The third kappa shape index (κ3) is 7.38. The Labute approximate surface area is 231 Å². The summed E-state index contributed by atoms with van der Waals surface area (Å²) in [5, 5.41) is 2.85. The number of rotatable bonds is 11. The zero-order valence-electron chi connectivity index (χ0n) is 23.3. The van der Waals surface area contributed by atoms with Crippen LogP contribution in [0.2, 0.25) is 0 Å². The fourth-order valence-electron chi connectivity index (χ4n) is 4.14. The Morgan fingerprint density at radius 1 is 0.923 bits per heavy atom. The average molecular weight is 552 g/mol. The van der Waals surface area contributed by atoms with Gasteiger partial charge in [-0.1, -0.05) is 42.5 Å². The number of methoxy groups -OCH3 is 1. The summed E-state index contributed by atoms with van der Waals surface area (Å²) in [4.78, 5) is 28.5. The van der Waals surface area contributed by atoms with Gasteiger partial charge in [-0.2, -0.15) is 0 Å². The highest BCUT2D eigenvalue weighted by molar-refractivity contribution is 7.92. The summed E-state index contributed by atoms with van der Waals surface area (Å²) in [7, 11) is -2.53. The van der Waals surface area contributed by atoms with E-state index >= 15 is 0 Å². The van der Waals surface area contributed by atoms with Crippen molar-refractivity contribution in [2.24, 2.45) is 0 Å². The van der Waals surface area contributed by atoms with Crippen LogP contribution >= 0.6 is 0 Å². The molecule has 0 saturated carbocycles. The quantitative estimate of drug-likeness (QED) is 0.380. The van der Waals surface area contributed by atoms with E-state index in [1.54, 1.807) is 57.4 Å². The molecule has 0 heterocycles. The largest absolute Gasteiger partial charge is 0.497 e. The van der Waals surface area contributed by atoms with E-state index in [1.165, 1.54) is 17.0 Å². The van der Waals surface area contributed by atoms with Gasteiger partial charge in [0.05, 0.1) is 17.7 Å². The van der Waals surface area contributed by atoms with Crippen molar-refractivity contribution in [3.63, 3.8) is 0 Å². The second kappa shape index (κ2) is 12.8. The molecule has 0 bridgehead atoms. The fraction of sp³-hybridized carbons (Fsp3) is 0.333. The number of carbonyl (C=O) groups excluding carboxylic acids is 2. The van der Waals surface area contributed by atoms with Crippen LogP contribution in [0.1, 0.15) is 37.5 Å². The van der Waals surface area contributed by atoms with Gasteiger partial charge in [0.25, 0.3) is 10.0 Å². The van der Waals surface area contributed by atoms with Crippen molar-refractivity contribution in [3.8, 4) is 5.75 Å². The van der Waals surface area contributed by atoms with E-state index in [2.05, 4.69) is 5.32 Å². The van der Waals surface area contributed by atoms with Crippen molar-refractivity contribution in [3.05, 3.63) is 89.5 Å². The first-order valence-corrected chi connectivity index (χ1v) is 14.3. The molecule has 0 unspecified atom stereocenters. The van der Waals surface area contributed by atoms with Crippen molar-refractivity contribution < 1.29 is 22.7 Å². The topological polar surface area (TPSA) is 96.0 Å². The van der Waals surface area contributed by atoms with E-state index in [9.17, 15) is 18.0 Å².